The zero-order chi connectivity index (χ0) is 13.3. The highest BCUT2D eigenvalue weighted by atomic mass is 79.9. The largest absolute Gasteiger partial charge is 0.314 e. The third-order valence-electron chi connectivity index (χ3n) is 3.06. The van der Waals surface area contributed by atoms with Gasteiger partial charge in [-0.05, 0) is 37.6 Å². The first-order chi connectivity index (χ1) is 8.41. The Balaban J connectivity index is 0.00000180. The molecule has 1 aliphatic rings. The minimum atomic E-state index is -3.39. The van der Waals surface area contributed by atoms with Crippen LogP contribution in [0.15, 0.2) is 27.6 Å². The van der Waals surface area contributed by atoms with Crippen LogP contribution in [0.5, 0.6) is 0 Å². The van der Waals surface area contributed by atoms with Crippen molar-refractivity contribution in [1.29, 1.82) is 0 Å². The second-order valence-electron chi connectivity index (χ2n) is 4.63. The minimum Gasteiger partial charge on any atom is -0.314 e. The molecule has 0 spiro atoms. The summed E-state index contributed by atoms with van der Waals surface area (Å²) in [6.07, 6.45) is 0. The first-order valence-electron chi connectivity index (χ1n) is 5.91. The van der Waals surface area contributed by atoms with E-state index in [0.29, 0.717) is 24.5 Å². The lowest BCUT2D eigenvalue weighted by Crippen LogP contribution is -2.52. The average molecular weight is 370 g/mol. The molecule has 0 amide bonds. The van der Waals surface area contributed by atoms with E-state index in [1.807, 2.05) is 19.9 Å². The number of piperazine rings is 1. The molecule has 19 heavy (non-hydrogen) atoms. The Hall–Kier alpha value is -0.140. The van der Waals surface area contributed by atoms with Crippen LogP contribution in [-0.4, -0.2) is 38.4 Å². The van der Waals surface area contributed by atoms with Crippen LogP contribution in [0.2, 0.25) is 0 Å². The van der Waals surface area contributed by atoms with Gasteiger partial charge in [-0.25, -0.2) is 8.42 Å². The summed E-state index contributed by atoms with van der Waals surface area (Å²) in [5.74, 6) is 0. The van der Waals surface area contributed by atoms with Crippen LogP contribution >= 0.6 is 28.3 Å². The van der Waals surface area contributed by atoms with E-state index in [1.54, 1.807) is 16.4 Å². The molecule has 108 valence electrons. The summed E-state index contributed by atoms with van der Waals surface area (Å²) < 4.78 is 27.5. The predicted octanol–water partition coefficient (Wildman–Crippen LogP) is 2.16. The number of halogens is 2. The zero-order valence-electron chi connectivity index (χ0n) is 10.9. The normalized spacial score (nSPS) is 20.9. The van der Waals surface area contributed by atoms with Crippen LogP contribution in [0.1, 0.15) is 12.5 Å². The van der Waals surface area contributed by atoms with Crippen LogP contribution in [0.3, 0.4) is 0 Å². The van der Waals surface area contributed by atoms with Gasteiger partial charge in [-0.3, -0.25) is 0 Å². The van der Waals surface area contributed by atoms with Gasteiger partial charge in [0.05, 0.1) is 4.90 Å². The lowest BCUT2D eigenvalue weighted by Gasteiger charge is -2.32. The molecule has 2 rings (SSSR count). The lowest BCUT2D eigenvalue weighted by atomic mass is 10.2. The molecule has 1 unspecified atom stereocenters. The summed E-state index contributed by atoms with van der Waals surface area (Å²) in [5, 5.41) is 3.20. The summed E-state index contributed by atoms with van der Waals surface area (Å²) in [7, 11) is -3.39. The lowest BCUT2D eigenvalue weighted by molar-refractivity contribution is 0.284. The average Bonchev–Trinajstić information content (AvgIpc) is 2.28. The summed E-state index contributed by atoms with van der Waals surface area (Å²) in [6.45, 7) is 5.75. The number of hydrogen-bond acceptors (Lipinski definition) is 3. The van der Waals surface area contributed by atoms with Gasteiger partial charge >= 0.3 is 0 Å². The van der Waals surface area contributed by atoms with E-state index in [0.717, 1.165) is 10.0 Å². The monoisotopic (exact) mass is 368 g/mol. The first kappa shape index (κ1) is 16.9. The van der Waals surface area contributed by atoms with E-state index in [1.165, 1.54) is 0 Å². The van der Waals surface area contributed by atoms with Crippen molar-refractivity contribution in [2.75, 3.05) is 19.6 Å². The van der Waals surface area contributed by atoms with E-state index in [4.69, 9.17) is 0 Å². The topological polar surface area (TPSA) is 49.4 Å². The molecule has 0 radical (unpaired) electrons. The predicted molar refractivity (Wildman–Crippen MR) is 82.4 cm³/mol. The fraction of sp³-hybridized carbons (Fsp3) is 0.500. The van der Waals surface area contributed by atoms with E-state index in [9.17, 15) is 8.42 Å². The zero-order valence-corrected chi connectivity index (χ0v) is 14.1. The standard InChI is InChI=1S/C12H17BrN2O2S.ClH/c1-9-5-11(13)7-12(6-9)18(16,17)15-4-3-14-8-10(15)2;/h5-7,10,14H,3-4,8H2,1-2H3;1H. The Labute approximate surface area is 129 Å². The molecule has 0 aliphatic carbocycles. The molecule has 1 saturated heterocycles. The fourth-order valence-electron chi connectivity index (χ4n) is 2.17. The Kier molecular flexibility index (Phi) is 5.82. The molecule has 1 aliphatic heterocycles. The number of rotatable bonds is 2. The van der Waals surface area contributed by atoms with Crippen molar-refractivity contribution in [2.24, 2.45) is 0 Å². The molecular weight excluding hydrogens is 352 g/mol. The van der Waals surface area contributed by atoms with Crippen molar-refractivity contribution < 1.29 is 8.42 Å². The Morgan fingerprint density at radius 3 is 2.63 bits per heavy atom. The van der Waals surface area contributed by atoms with Gasteiger partial charge in [-0.1, -0.05) is 15.9 Å². The molecule has 1 fully saturated rings. The molecule has 1 aromatic rings. The second-order valence-corrected chi connectivity index (χ2v) is 7.44. The van der Waals surface area contributed by atoms with Crippen LogP contribution in [0.25, 0.3) is 0 Å². The molecule has 0 saturated carbocycles. The Morgan fingerprint density at radius 1 is 1.37 bits per heavy atom. The van der Waals surface area contributed by atoms with Gasteiger partial charge in [0.2, 0.25) is 10.0 Å². The van der Waals surface area contributed by atoms with E-state index >= 15 is 0 Å². The van der Waals surface area contributed by atoms with Crippen molar-refractivity contribution in [2.45, 2.75) is 24.8 Å². The maximum Gasteiger partial charge on any atom is 0.243 e. The van der Waals surface area contributed by atoms with Crippen LogP contribution < -0.4 is 5.32 Å². The van der Waals surface area contributed by atoms with Crippen molar-refractivity contribution in [3.05, 3.63) is 28.2 Å². The number of benzene rings is 1. The van der Waals surface area contributed by atoms with Crippen LogP contribution in [0, 0.1) is 6.92 Å². The smallest absolute Gasteiger partial charge is 0.243 e. The Morgan fingerprint density at radius 2 is 2.05 bits per heavy atom. The summed E-state index contributed by atoms with van der Waals surface area (Å²) in [4.78, 5) is 0.364. The quantitative estimate of drug-likeness (QED) is 0.869. The van der Waals surface area contributed by atoms with Gasteiger partial charge in [-0.15, -0.1) is 12.4 Å². The van der Waals surface area contributed by atoms with Gasteiger partial charge in [0.15, 0.2) is 0 Å². The van der Waals surface area contributed by atoms with Crippen molar-refractivity contribution >= 4 is 38.4 Å². The number of nitrogens with one attached hydrogen (secondary N) is 1. The number of sulfonamides is 1. The fourth-order valence-corrected chi connectivity index (χ4v) is 4.69. The van der Waals surface area contributed by atoms with Gasteiger partial charge in [0.1, 0.15) is 0 Å². The number of nitrogens with zero attached hydrogens (tertiary/aromatic N) is 1. The van der Waals surface area contributed by atoms with Crippen molar-refractivity contribution in [1.82, 2.24) is 9.62 Å². The summed E-state index contributed by atoms with van der Waals surface area (Å²) in [5.41, 5.74) is 0.936. The van der Waals surface area contributed by atoms with E-state index < -0.39 is 10.0 Å². The minimum absolute atomic E-state index is 0. The maximum absolute atomic E-state index is 12.6. The number of aryl methyl sites for hydroxylation is 1. The van der Waals surface area contributed by atoms with Gasteiger partial charge in [0.25, 0.3) is 0 Å². The highest BCUT2D eigenvalue weighted by molar-refractivity contribution is 9.10. The van der Waals surface area contributed by atoms with Gasteiger partial charge in [0, 0.05) is 30.1 Å². The third-order valence-corrected chi connectivity index (χ3v) is 5.51. The molecule has 0 aromatic heterocycles. The highest BCUT2D eigenvalue weighted by Gasteiger charge is 2.31. The molecule has 1 heterocycles. The number of hydrogen-bond donors (Lipinski definition) is 1. The van der Waals surface area contributed by atoms with Gasteiger partial charge in [-0.2, -0.15) is 4.31 Å². The molecule has 1 aromatic carbocycles. The molecular formula is C12H18BrClN2O2S. The highest BCUT2D eigenvalue weighted by Crippen LogP contribution is 2.24. The van der Waals surface area contributed by atoms with Crippen molar-refractivity contribution in [3.63, 3.8) is 0 Å². The SMILES string of the molecule is Cc1cc(Br)cc(S(=O)(=O)N2CCNCC2C)c1.Cl. The van der Waals surface area contributed by atoms with Crippen LogP contribution in [-0.2, 0) is 10.0 Å². The molecule has 7 heteroatoms. The first-order valence-corrected chi connectivity index (χ1v) is 8.14. The van der Waals surface area contributed by atoms with Gasteiger partial charge < -0.3 is 5.32 Å². The van der Waals surface area contributed by atoms with E-state index in [-0.39, 0.29) is 18.4 Å². The maximum atomic E-state index is 12.6. The molecule has 1 N–H and O–H groups in total. The van der Waals surface area contributed by atoms with E-state index in [2.05, 4.69) is 21.2 Å². The molecule has 1 atom stereocenters. The summed E-state index contributed by atoms with van der Waals surface area (Å²) in [6, 6.07) is 5.27. The third kappa shape index (κ3) is 3.70. The Bertz CT molecular complexity index is 530. The molecule has 0 bridgehead atoms. The van der Waals surface area contributed by atoms with Crippen LogP contribution in [0.4, 0.5) is 0 Å². The molecule has 4 nitrogen and oxygen atoms in total. The summed E-state index contributed by atoms with van der Waals surface area (Å²) >= 11 is 3.35. The van der Waals surface area contributed by atoms with Crippen molar-refractivity contribution in [3.8, 4) is 0 Å². The second kappa shape index (κ2) is 6.54.